The summed E-state index contributed by atoms with van der Waals surface area (Å²) in [4.78, 5) is 0. The molecular formula is C23H46N2O4S. The zero-order chi connectivity index (χ0) is 22.5. The predicted molar refractivity (Wildman–Crippen MR) is 125 cm³/mol. The van der Waals surface area contributed by atoms with Crippen molar-refractivity contribution in [2.75, 3.05) is 20.2 Å². The van der Waals surface area contributed by atoms with Gasteiger partial charge >= 0.3 is 0 Å². The molecule has 0 radical (unpaired) electrons. The Morgan fingerprint density at radius 1 is 1.00 bits per heavy atom. The molecule has 0 aromatic rings. The number of nitrogens with zero attached hydrogens (tertiary/aromatic N) is 1. The van der Waals surface area contributed by atoms with Crippen molar-refractivity contribution in [3.63, 3.8) is 0 Å². The highest BCUT2D eigenvalue weighted by Crippen LogP contribution is 2.12. The maximum atomic E-state index is 9.22. The monoisotopic (exact) mass is 446 g/mol. The Morgan fingerprint density at radius 3 is 1.97 bits per heavy atom. The fraction of sp³-hybridized carbons (Fsp3) is 0.870. The van der Waals surface area contributed by atoms with Gasteiger partial charge in [-0.15, -0.1) is 0 Å². The van der Waals surface area contributed by atoms with E-state index in [1.165, 1.54) is 96.4 Å². The van der Waals surface area contributed by atoms with Crippen LogP contribution < -0.4 is 5.32 Å². The summed E-state index contributed by atoms with van der Waals surface area (Å²) < 4.78 is 33.5. The van der Waals surface area contributed by atoms with E-state index in [0.29, 0.717) is 6.04 Å². The number of rotatable bonds is 17. The SMILES string of the molecule is CCCCCCCCCCCCCC=CCC(CC)[N+]1=CNCC1.COS(=O)(=O)[O-]. The number of unbranched alkanes of at least 4 members (excludes halogenated alkanes) is 11. The van der Waals surface area contributed by atoms with E-state index < -0.39 is 10.4 Å². The van der Waals surface area contributed by atoms with Gasteiger partial charge in [0.2, 0.25) is 16.7 Å². The molecule has 30 heavy (non-hydrogen) atoms. The number of hydrogen-bond acceptors (Lipinski definition) is 5. The van der Waals surface area contributed by atoms with Gasteiger partial charge in [0.25, 0.3) is 0 Å². The van der Waals surface area contributed by atoms with Crippen LogP contribution in [0.2, 0.25) is 0 Å². The van der Waals surface area contributed by atoms with Crippen LogP contribution in [0.1, 0.15) is 104 Å². The fourth-order valence-electron chi connectivity index (χ4n) is 3.56. The van der Waals surface area contributed by atoms with Crippen LogP contribution in [0, 0.1) is 0 Å². The molecule has 178 valence electrons. The molecule has 1 aliphatic rings. The second kappa shape index (κ2) is 20.0. The zero-order valence-electron chi connectivity index (χ0n) is 19.6. The van der Waals surface area contributed by atoms with Gasteiger partial charge in [0, 0.05) is 6.42 Å². The summed E-state index contributed by atoms with van der Waals surface area (Å²) in [6.07, 6.45) is 26.5. The van der Waals surface area contributed by atoms with Crippen molar-refractivity contribution in [3.8, 4) is 0 Å². The first-order chi connectivity index (χ1) is 14.4. The minimum absolute atomic E-state index is 0.688. The van der Waals surface area contributed by atoms with E-state index in [9.17, 15) is 13.0 Å². The molecular weight excluding hydrogens is 400 g/mol. The summed E-state index contributed by atoms with van der Waals surface area (Å²) in [6.45, 7) is 6.87. The fourth-order valence-corrected chi connectivity index (χ4v) is 3.56. The topological polar surface area (TPSA) is 81.5 Å². The molecule has 0 amide bonds. The Balaban J connectivity index is 0.00000122. The van der Waals surface area contributed by atoms with Crippen molar-refractivity contribution in [1.82, 2.24) is 5.32 Å². The van der Waals surface area contributed by atoms with Gasteiger partial charge in [-0.05, 0) is 19.3 Å². The Bertz CT molecular complexity index is 547. The predicted octanol–water partition coefficient (Wildman–Crippen LogP) is 5.15. The molecule has 1 unspecified atom stereocenters. The smallest absolute Gasteiger partial charge is 0.232 e. The molecule has 0 spiro atoms. The minimum Gasteiger partial charge on any atom is -0.726 e. The molecule has 0 bridgehead atoms. The van der Waals surface area contributed by atoms with Gasteiger partial charge < -0.3 is 4.55 Å². The van der Waals surface area contributed by atoms with Crippen LogP contribution in [0.3, 0.4) is 0 Å². The molecule has 1 heterocycles. The lowest BCUT2D eigenvalue weighted by Gasteiger charge is -2.11. The highest BCUT2D eigenvalue weighted by atomic mass is 32.3. The van der Waals surface area contributed by atoms with E-state index in [0.717, 1.165) is 13.7 Å². The minimum atomic E-state index is -4.41. The highest BCUT2D eigenvalue weighted by Gasteiger charge is 2.17. The van der Waals surface area contributed by atoms with Crippen LogP contribution in [-0.2, 0) is 14.6 Å². The summed E-state index contributed by atoms with van der Waals surface area (Å²) in [6, 6.07) is 0.688. The van der Waals surface area contributed by atoms with Crippen LogP contribution in [0.15, 0.2) is 12.2 Å². The molecule has 1 rings (SSSR count). The normalized spacial score (nSPS) is 14.9. The Labute approximate surface area is 186 Å². The van der Waals surface area contributed by atoms with Crippen molar-refractivity contribution < 1.29 is 21.7 Å². The lowest BCUT2D eigenvalue weighted by Crippen LogP contribution is -2.24. The number of allylic oxidation sites excluding steroid dienone is 1. The summed E-state index contributed by atoms with van der Waals surface area (Å²) in [7, 11) is -3.60. The molecule has 6 nitrogen and oxygen atoms in total. The largest absolute Gasteiger partial charge is 0.726 e. The van der Waals surface area contributed by atoms with Crippen molar-refractivity contribution in [2.45, 2.75) is 110 Å². The Hall–Kier alpha value is -0.920. The van der Waals surface area contributed by atoms with Crippen molar-refractivity contribution in [2.24, 2.45) is 0 Å². The standard InChI is InChI=1S/C22H42N2.CH4O4S/c1-3-5-6-7-8-9-10-11-12-13-14-15-16-17-18-22(4-2)24-20-19-23-21-24;1-5-6(2,3)4/h16-17,21-22H,3-15,18-20H2,1-2H3;1H3,(H,2,3,4). The average molecular weight is 447 g/mol. The van der Waals surface area contributed by atoms with Gasteiger partial charge in [-0.25, -0.2) is 8.42 Å². The van der Waals surface area contributed by atoms with Gasteiger partial charge in [-0.2, -0.15) is 0 Å². The van der Waals surface area contributed by atoms with Gasteiger partial charge in [-0.1, -0.05) is 90.2 Å². The lowest BCUT2D eigenvalue weighted by atomic mass is 10.0. The van der Waals surface area contributed by atoms with Crippen molar-refractivity contribution >= 4 is 16.7 Å². The van der Waals surface area contributed by atoms with E-state index in [-0.39, 0.29) is 0 Å². The summed E-state index contributed by atoms with van der Waals surface area (Å²) in [5.41, 5.74) is 0. The van der Waals surface area contributed by atoms with Crippen LogP contribution >= 0.6 is 0 Å². The van der Waals surface area contributed by atoms with E-state index >= 15 is 0 Å². The van der Waals surface area contributed by atoms with Gasteiger partial charge in [0.1, 0.15) is 13.1 Å². The molecule has 0 saturated carbocycles. The summed E-state index contributed by atoms with van der Waals surface area (Å²) in [5, 5.41) is 3.32. The maximum Gasteiger partial charge on any atom is 0.232 e. The van der Waals surface area contributed by atoms with E-state index in [1.54, 1.807) is 0 Å². The molecule has 0 saturated heterocycles. The lowest BCUT2D eigenvalue weighted by molar-refractivity contribution is -0.553. The number of hydrogen-bond donors (Lipinski definition) is 1. The molecule has 1 aliphatic heterocycles. The highest BCUT2D eigenvalue weighted by molar-refractivity contribution is 7.80. The number of nitrogens with one attached hydrogen (secondary N) is 1. The van der Waals surface area contributed by atoms with E-state index in [2.05, 4.69) is 46.4 Å². The quantitative estimate of drug-likeness (QED) is 0.110. The van der Waals surface area contributed by atoms with Crippen molar-refractivity contribution in [3.05, 3.63) is 12.2 Å². The Morgan fingerprint density at radius 2 is 1.53 bits per heavy atom. The first-order valence-electron chi connectivity index (χ1n) is 11.9. The van der Waals surface area contributed by atoms with E-state index in [4.69, 9.17) is 0 Å². The molecule has 1 N–H and O–H groups in total. The molecule has 7 heteroatoms. The molecule has 0 fully saturated rings. The molecule has 0 aromatic carbocycles. The second-order valence-corrected chi connectivity index (χ2v) is 9.14. The Kier molecular flexibility index (Phi) is 19.4. The first kappa shape index (κ1) is 29.1. The third-order valence-corrected chi connectivity index (χ3v) is 5.87. The van der Waals surface area contributed by atoms with Crippen LogP contribution in [0.4, 0.5) is 0 Å². The molecule has 1 atom stereocenters. The van der Waals surface area contributed by atoms with Crippen LogP contribution in [-0.4, -0.2) is 50.1 Å². The maximum absolute atomic E-state index is 9.22. The molecule has 0 aromatic heterocycles. The third kappa shape index (κ3) is 19.1. The zero-order valence-corrected chi connectivity index (χ0v) is 20.4. The van der Waals surface area contributed by atoms with Gasteiger partial charge in [0.15, 0.2) is 0 Å². The average Bonchev–Trinajstić information content (AvgIpc) is 3.25. The van der Waals surface area contributed by atoms with Crippen LogP contribution in [0.5, 0.6) is 0 Å². The molecule has 0 aliphatic carbocycles. The van der Waals surface area contributed by atoms with Crippen molar-refractivity contribution in [1.29, 1.82) is 0 Å². The van der Waals surface area contributed by atoms with Gasteiger partial charge in [0.05, 0.1) is 13.2 Å². The first-order valence-corrected chi connectivity index (χ1v) is 13.3. The van der Waals surface area contributed by atoms with Crippen LogP contribution in [0.25, 0.3) is 0 Å². The summed E-state index contributed by atoms with van der Waals surface area (Å²) in [5.74, 6) is 0. The van der Waals surface area contributed by atoms with E-state index in [1.807, 2.05) is 0 Å². The summed E-state index contributed by atoms with van der Waals surface area (Å²) >= 11 is 0. The van der Waals surface area contributed by atoms with Gasteiger partial charge in [-0.3, -0.25) is 14.1 Å². The third-order valence-electron chi connectivity index (χ3n) is 5.47. The second-order valence-electron chi connectivity index (χ2n) is 7.99.